The third-order valence-electron chi connectivity index (χ3n) is 13.0. The van der Waals surface area contributed by atoms with Crippen LogP contribution in [-0.4, -0.2) is 61.7 Å². The molecule has 1 aromatic rings. The molecule has 1 unspecified atom stereocenters. The minimum absolute atomic E-state index is 0.0473. The molecule has 3 N–H and O–H groups in total. The van der Waals surface area contributed by atoms with Crippen molar-refractivity contribution in [2.75, 3.05) is 25.6 Å². The van der Waals surface area contributed by atoms with Gasteiger partial charge in [0, 0.05) is 42.3 Å². The molecule has 0 spiro atoms. The van der Waals surface area contributed by atoms with E-state index in [1.807, 2.05) is 30.3 Å². The molecule has 250 valence electrons. The summed E-state index contributed by atoms with van der Waals surface area (Å²) >= 11 is 0. The zero-order valence-electron chi connectivity index (χ0n) is 28.0. The Morgan fingerprint density at radius 1 is 0.933 bits per heavy atom. The first-order valence-electron chi connectivity index (χ1n) is 17.2. The number of carbonyl (C=O) groups is 2. The van der Waals surface area contributed by atoms with Crippen molar-refractivity contribution in [2.24, 2.45) is 45.8 Å². The summed E-state index contributed by atoms with van der Waals surface area (Å²) in [7, 11) is 1.53. The Balaban J connectivity index is 1.25. The number of alkyl carbamates (subject to hydrolysis) is 1. The second-order valence-electron chi connectivity index (χ2n) is 16.1. The summed E-state index contributed by atoms with van der Waals surface area (Å²) in [6.07, 6.45) is 4.10. The number of carbonyl (C=O) groups excluding carboxylic acids is 2. The van der Waals surface area contributed by atoms with Crippen LogP contribution in [0.5, 0.6) is 0 Å². The lowest BCUT2D eigenvalue weighted by Gasteiger charge is -2.65. The standard InChI is InChI=1S/C36H54N2O7/c1-22(30-42-20-33(2,3)21-43-30)26-12-13-27-25-14-17-36(41)19-24(44-31(39)37-6)18-29(35(36,5)28(25)15-16-34(26,27)4)45-32(40)38-23-10-8-7-9-11-23/h7-11,22,24-30,41H,12-21H2,1-6H3,(H,37,39)(H,38,40)/t22?,24-,25-,26+,27-,28-,29-,34+,35-,36+/m0/s1. The van der Waals surface area contributed by atoms with E-state index in [-0.39, 0.29) is 23.0 Å². The van der Waals surface area contributed by atoms with Crippen LogP contribution in [0.15, 0.2) is 30.3 Å². The number of ether oxygens (including phenoxy) is 4. The lowest BCUT2D eigenvalue weighted by atomic mass is 9.42. The van der Waals surface area contributed by atoms with Gasteiger partial charge in [-0.2, -0.15) is 0 Å². The van der Waals surface area contributed by atoms with E-state index in [0.717, 1.165) is 45.3 Å². The molecule has 0 radical (unpaired) electrons. The molecule has 1 aromatic carbocycles. The molecule has 1 heterocycles. The van der Waals surface area contributed by atoms with Crippen LogP contribution in [0.4, 0.5) is 15.3 Å². The molecule has 1 saturated heterocycles. The summed E-state index contributed by atoms with van der Waals surface area (Å²) < 4.78 is 24.6. The summed E-state index contributed by atoms with van der Waals surface area (Å²) in [6.45, 7) is 12.8. The van der Waals surface area contributed by atoms with Gasteiger partial charge >= 0.3 is 12.2 Å². The van der Waals surface area contributed by atoms with Crippen molar-refractivity contribution in [3.8, 4) is 0 Å². The first-order valence-corrected chi connectivity index (χ1v) is 17.2. The first-order chi connectivity index (χ1) is 21.3. The van der Waals surface area contributed by atoms with Gasteiger partial charge in [0.1, 0.15) is 12.2 Å². The van der Waals surface area contributed by atoms with Gasteiger partial charge in [0.15, 0.2) is 6.29 Å². The van der Waals surface area contributed by atoms with E-state index in [9.17, 15) is 14.7 Å². The van der Waals surface area contributed by atoms with Gasteiger partial charge < -0.3 is 29.4 Å². The minimum Gasteiger partial charge on any atom is -0.446 e. The molecule has 10 atom stereocenters. The molecule has 0 aromatic heterocycles. The van der Waals surface area contributed by atoms with Crippen LogP contribution >= 0.6 is 0 Å². The zero-order chi connectivity index (χ0) is 32.2. The number of benzene rings is 1. The van der Waals surface area contributed by atoms with Crippen molar-refractivity contribution in [2.45, 2.75) is 110 Å². The summed E-state index contributed by atoms with van der Waals surface area (Å²) in [5, 5.41) is 17.9. The number of rotatable bonds is 5. The SMILES string of the molecule is CNC(=O)O[C@H]1C[C@H](OC(=O)Nc2ccccc2)[C@]2(C)[C@H]3CC[C@]4(C)[C@@H](C(C)C5OCC(C)(C)CO5)CC[C@H]4[C@@H]3CC[C@@]2(O)C1. The predicted octanol–water partition coefficient (Wildman–Crippen LogP) is 6.75. The Hall–Kier alpha value is -2.36. The number of fused-ring (bicyclic) bond motifs is 5. The molecular weight excluding hydrogens is 572 g/mol. The van der Waals surface area contributed by atoms with Crippen LogP contribution in [0.2, 0.25) is 0 Å². The molecule has 5 aliphatic rings. The van der Waals surface area contributed by atoms with Crippen molar-refractivity contribution >= 4 is 17.9 Å². The van der Waals surface area contributed by atoms with Crippen molar-refractivity contribution in [1.29, 1.82) is 0 Å². The lowest BCUT2D eigenvalue weighted by Crippen LogP contribution is -2.69. The van der Waals surface area contributed by atoms with Gasteiger partial charge in [-0.3, -0.25) is 5.32 Å². The van der Waals surface area contributed by atoms with Gasteiger partial charge in [-0.1, -0.05) is 52.8 Å². The maximum atomic E-state index is 13.3. The summed E-state index contributed by atoms with van der Waals surface area (Å²) in [6, 6.07) is 9.24. The van der Waals surface area contributed by atoms with E-state index in [2.05, 4.69) is 45.3 Å². The van der Waals surface area contributed by atoms with Crippen LogP contribution in [0, 0.1) is 45.8 Å². The van der Waals surface area contributed by atoms with E-state index in [0.29, 0.717) is 48.6 Å². The topological polar surface area (TPSA) is 115 Å². The third kappa shape index (κ3) is 5.75. The number of anilines is 1. The molecule has 4 saturated carbocycles. The molecule has 5 fully saturated rings. The zero-order valence-corrected chi connectivity index (χ0v) is 28.0. The highest BCUT2D eigenvalue weighted by atomic mass is 16.7. The van der Waals surface area contributed by atoms with Crippen molar-refractivity contribution in [3.63, 3.8) is 0 Å². The normalized spacial score (nSPS) is 41.5. The van der Waals surface area contributed by atoms with Gasteiger partial charge in [0.05, 0.1) is 18.8 Å². The highest BCUT2D eigenvalue weighted by Gasteiger charge is 2.69. The molecule has 1 aliphatic heterocycles. The van der Waals surface area contributed by atoms with Gasteiger partial charge in [-0.15, -0.1) is 0 Å². The summed E-state index contributed by atoms with van der Waals surface area (Å²) in [5.41, 5.74) is -0.956. The molecule has 9 nitrogen and oxygen atoms in total. The third-order valence-corrected chi connectivity index (χ3v) is 13.0. The van der Waals surface area contributed by atoms with Gasteiger partial charge in [0.25, 0.3) is 0 Å². The molecule has 4 aliphatic carbocycles. The number of para-hydroxylation sites is 1. The number of amides is 2. The van der Waals surface area contributed by atoms with Crippen molar-refractivity contribution in [3.05, 3.63) is 30.3 Å². The van der Waals surface area contributed by atoms with E-state index >= 15 is 0 Å². The molecule has 45 heavy (non-hydrogen) atoms. The van der Waals surface area contributed by atoms with Gasteiger partial charge in [-0.05, 0) is 79.7 Å². The Morgan fingerprint density at radius 2 is 1.64 bits per heavy atom. The van der Waals surface area contributed by atoms with Crippen LogP contribution in [0.1, 0.15) is 86.0 Å². The Bertz CT molecular complexity index is 1230. The van der Waals surface area contributed by atoms with Crippen LogP contribution in [0.25, 0.3) is 0 Å². The highest BCUT2D eigenvalue weighted by Crippen LogP contribution is 2.69. The highest BCUT2D eigenvalue weighted by molar-refractivity contribution is 5.84. The molecule has 6 rings (SSSR count). The quantitative estimate of drug-likeness (QED) is 0.331. The van der Waals surface area contributed by atoms with E-state index in [4.69, 9.17) is 18.9 Å². The second-order valence-corrected chi connectivity index (χ2v) is 16.1. The van der Waals surface area contributed by atoms with E-state index in [1.165, 1.54) is 7.05 Å². The fourth-order valence-corrected chi connectivity index (χ4v) is 10.6. The average Bonchev–Trinajstić information content (AvgIpc) is 3.35. The van der Waals surface area contributed by atoms with E-state index in [1.54, 1.807) is 0 Å². The Morgan fingerprint density at radius 3 is 2.33 bits per heavy atom. The average molecular weight is 627 g/mol. The first kappa shape index (κ1) is 32.6. The number of nitrogens with one attached hydrogen (secondary N) is 2. The fourth-order valence-electron chi connectivity index (χ4n) is 10.6. The predicted molar refractivity (Wildman–Crippen MR) is 170 cm³/mol. The molecule has 2 amide bonds. The summed E-state index contributed by atoms with van der Waals surface area (Å²) in [4.78, 5) is 25.6. The smallest absolute Gasteiger partial charge is 0.411 e. The molecule has 9 heteroatoms. The van der Waals surface area contributed by atoms with Crippen molar-refractivity contribution in [1.82, 2.24) is 5.32 Å². The monoisotopic (exact) mass is 626 g/mol. The molecule has 0 bridgehead atoms. The number of hydrogen-bond acceptors (Lipinski definition) is 7. The second kappa shape index (κ2) is 12.0. The minimum atomic E-state index is -1.13. The fraction of sp³-hybridized carbons (Fsp3) is 0.778. The maximum absolute atomic E-state index is 13.3. The number of aliphatic hydroxyl groups is 1. The number of hydrogen-bond donors (Lipinski definition) is 3. The Labute approximate surface area is 268 Å². The summed E-state index contributed by atoms with van der Waals surface area (Å²) in [5.74, 6) is 1.92. The maximum Gasteiger partial charge on any atom is 0.411 e. The van der Waals surface area contributed by atoms with Gasteiger partial charge in [0.2, 0.25) is 0 Å². The lowest BCUT2D eigenvalue weighted by molar-refractivity contribution is -0.265. The Kier molecular flexibility index (Phi) is 8.70. The van der Waals surface area contributed by atoms with Crippen LogP contribution < -0.4 is 10.6 Å². The van der Waals surface area contributed by atoms with E-state index < -0.39 is 35.4 Å². The van der Waals surface area contributed by atoms with Gasteiger partial charge in [-0.25, -0.2) is 9.59 Å². The van der Waals surface area contributed by atoms with Crippen molar-refractivity contribution < 1.29 is 33.6 Å². The largest absolute Gasteiger partial charge is 0.446 e. The van der Waals surface area contributed by atoms with Crippen LogP contribution in [0.3, 0.4) is 0 Å². The van der Waals surface area contributed by atoms with Crippen LogP contribution in [-0.2, 0) is 18.9 Å². The molecular formula is C36H54N2O7.